The largest absolute Gasteiger partial charge is 0.481 e. The van der Waals surface area contributed by atoms with Crippen LogP contribution in [0.3, 0.4) is 0 Å². The molecule has 0 saturated carbocycles. The summed E-state index contributed by atoms with van der Waals surface area (Å²) in [5.41, 5.74) is 0. The lowest BCUT2D eigenvalue weighted by Crippen LogP contribution is -2.46. The molecule has 0 aliphatic heterocycles. The number of hydrogen-bond acceptors (Lipinski definition) is 5. The average molecular weight is 304 g/mol. The lowest BCUT2D eigenvalue weighted by molar-refractivity contribution is -0.141. The number of carbonyl (C=O) groups excluding carboxylic acids is 2. The van der Waals surface area contributed by atoms with Gasteiger partial charge in [-0.15, -0.1) is 0 Å². The number of aliphatic carboxylic acids is 1. The molecular weight excluding hydrogens is 280 g/mol. The number of hydrogen-bond donors (Lipinski definition) is 2. The third kappa shape index (κ3) is 9.67. The number of carbonyl (C=O) groups is 3. The van der Waals surface area contributed by atoms with Crippen molar-refractivity contribution in [2.75, 3.05) is 33.9 Å². The summed E-state index contributed by atoms with van der Waals surface area (Å²) in [7, 11) is 2.81. The minimum Gasteiger partial charge on any atom is -0.481 e. The van der Waals surface area contributed by atoms with Gasteiger partial charge in [0, 0.05) is 32.7 Å². The van der Waals surface area contributed by atoms with Crippen molar-refractivity contribution < 1.29 is 29.0 Å². The van der Waals surface area contributed by atoms with E-state index in [-0.39, 0.29) is 31.5 Å². The average Bonchev–Trinajstić information content (AvgIpc) is 2.44. The molecule has 0 aromatic heterocycles. The van der Waals surface area contributed by atoms with E-state index in [2.05, 4.69) is 10.1 Å². The predicted molar refractivity (Wildman–Crippen MR) is 74.9 cm³/mol. The SMILES string of the molecule is COCCN(CCC(=O)OC)C(=O)NC(C)CCC(=O)O. The van der Waals surface area contributed by atoms with Crippen LogP contribution >= 0.6 is 0 Å². The van der Waals surface area contributed by atoms with Gasteiger partial charge in [0.05, 0.1) is 20.1 Å². The first-order chi connectivity index (χ1) is 9.90. The molecule has 0 saturated heterocycles. The quantitative estimate of drug-likeness (QED) is 0.568. The summed E-state index contributed by atoms with van der Waals surface area (Å²) in [6.07, 6.45) is 0.426. The standard InChI is InChI=1S/C13H24N2O6/c1-10(4-5-11(16)17)14-13(19)15(8-9-20-2)7-6-12(18)21-3/h10H,4-9H2,1-3H3,(H,14,19)(H,16,17). The fourth-order valence-electron chi connectivity index (χ4n) is 1.56. The van der Waals surface area contributed by atoms with Gasteiger partial charge in [-0.1, -0.05) is 0 Å². The molecule has 0 spiro atoms. The van der Waals surface area contributed by atoms with Gasteiger partial charge in [-0.2, -0.15) is 0 Å². The summed E-state index contributed by atoms with van der Waals surface area (Å²) in [5.74, 6) is -1.30. The second-order valence-electron chi connectivity index (χ2n) is 4.59. The van der Waals surface area contributed by atoms with Crippen molar-refractivity contribution in [1.29, 1.82) is 0 Å². The maximum atomic E-state index is 12.1. The Hall–Kier alpha value is -1.83. The number of rotatable bonds is 10. The monoisotopic (exact) mass is 304 g/mol. The van der Waals surface area contributed by atoms with E-state index in [9.17, 15) is 14.4 Å². The molecule has 2 amide bonds. The molecule has 0 aromatic rings. The number of esters is 1. The summed E-state index contributed by atoms with van der Waals surface area (Å²) < 4.78 is 9.46. The summed E-state index contributed by atoms with van der Waals surface area (Å²) in [4.78, 5) is 35.1. The van der Waals surface area contributed by atoms with Crippen LogP contribution < -0.4 is 5.32 Å². The molecule has 0 radical (unpaired) electrons. The third-order valence-electron chi connectivity index (χ3n) is 2.83. The smallest absolute Gasteiger partial charge is 0.317 e. The van der Waals surface area contributed by atoms with Crippen molar-refractivity contribution in [3.8, 4) is 0 Å². The first-order valence-corrected chi connectivity index (χ1v) is 6.73. The highest BCUT2D eigenvalue weighted by molar-refractivity contribution is 5.76. The van der Waals surface area contributed by atoms with Gasteiger partial charge in [0.15, 0.2) is 0 Å². The van der Waals surface area contributed by atoms with Crippen LogP contribution in [0.5, 0.6) is 0 Å². The first kappa shape index (κ1) is 19.2. The second kappa shape index (κ2) is 10.9. The molecule has 0 bridgehead atoms. The van der Waals surface area contributed by atoms with Gasteiger partial charge < -0.3 is 24.8 Å². The Morgan fingerprint density at radius 3 is 2.38 bits per heavy atom. The van der Waals surface area contributed by atoms with Gasteiger partial charge in [0.1, 0.15) is 0 Å². The Labute approximate surface area is 124 Å². The molecule has 8 nitrogen and oxygen atoms in total. The lowest BCUT2D eigenvalue weighted by Gasteiger charge is -2.24. The van der Waals surface area contributed by atoms with Crippen LogP contribution in [-0.4, -0.2) is 67.9 Å². The maximum Gasteiger partial charge on any atom is 0.317 e. The fraction of sp³-hybridized carbons (Fsp3) is 0.769. The lowest BCUT2D eigenvalue weighted by atomic mass is 10.2. The van der Waals surface area contributed by atoms with E-state index >= 15 is 0 Å². The minimum atomic E-state index is -0.905. The molecule has 0 aromatic carbocycles. The number of carboxylic acid groups (broad SMARTS) is 1. The topological polar surface area (TPSA) is 105 Å². The van der Waals surface area contributed by atoms with Crippen LogP contribution in [-0.2, 0) is 19.1 Å². The number of amides is 2. The molecule has 0 fully saturated rings. The number of ether oxygens (including phenoxy) is 2. The molecule has 21 heavy (non-hydrogen) atoms. The molecule has 1 atom stereocenters. The highest BCUT2D eigenvalue weighted by atomic mass is 16.5. The molecule has 122 valence electrons. The van der Waals surface area contributed by atoms with Crippen molar-refractivity contribution in [2.24, 2.45) is 0 Å². The summed E-state index contributed by atoms with van der Waals surface area (Å²) in [6.45, 7) is 2.63. The van der Waals surface area contributed by atoms with E-state index in [0.29, 0.717) is 19.6 Å². The van der Waals surface area contributed by atoms with Gasteiger partial charge >= 0.3 is 18.0 Å². The number of carboxylic acids is 1. The molecule has 0 aliphatic carbocycles. The Bertz CT molecular complexity index is 348. The van der Waals surface area contributed by atoms with Crippen molar-refractivity contribution in [3.63, 3.8) is 0 Å². The Morgan fingerprint density at radius 2 is 1.86 bits per heavy atom. The minimum absolute atomic E-state index is 0.0122. The molecule has 2 N–H and O–H groups in total. The zero-order valence-corrected chi connectivity index (χ0v) is 12.8. The highest BCUT2D eigenvalue weighted by Gasteiger charge is 2.17. The van der Waals surface area contributed by atoms with Crippen LogP contribution in [0.4, 0.5) is 4.79 Å². The molecule has 1 unspecified atom stereocenters. The van der Waals surface area contributed by atoms with Crippen molar-refractivity contribution >= 4 is 18.0 Å². The van der Waals surface area contributed by atoms with E-state index in [4.69, 9.17) is 9.84 Å². The molecule has 0 aliphatic rings. The fourth-order valence-corrected chi connectivity index (χ4v) is 1.56. The van der Waals surface area contributed by atoms with E-state index in [1.54, 1.807) is 6.92 Å². The predicted octanol–water partition coefficient (Wildman–Crippen LogP) is 0.461. The number of nitrogens with one attached hydrogen (secondary N) is 1. The van der Waals surface area contributed by atoms with Crippen molar-refractivity contribution in [1.82, 2.24) is 10.2 Å². The van der Waals surface area contributed by atoms with E-state index in [1.807, 2.05) is 0 Å². The number of urea groups is 1. The van der Waals surface area contributed by atoms with Crippen molar-refractivity contribution in [3.05, 3.63) is 0 Å². The molecular formula is C13H24N2O6. The summed E-state index contributed by atoms with van der Waals surface area (Å²) in [6, 6.07) is -0.620. The van der Waals surface area contributed by atoms with E-state index in [1.165, 1.54) is 19.1 Å². The van der Waals surface area contributed by atoms with Crippen molar-refractivity contribution in [2.45, 2.75) is 32.2 Å². The van der Waals surface area contributed by atoms with Gasteiger partial charge in [-0.3, -0.25) is 9.59 Å². The zero-order valence-electron chi connectivity index (χ0n) is 12.8. The van der Waals surface area contributed by atoms with E-state index < -0.39 is 11.9 Å². The number of methoxy groups -OCH3 is 2. The Morgan fingerprint density at radius 1 is 1.19 bits per heavy atom. The van der Waals surface area contributed by atoms with Crippen LogP contribution in [0.1, 0.15) is 26.2 Å². The van der Waals surface area contributed by atoms with Crippen LogP contribution in [0.25, 0.3) is 0 Å². The van der Waals surface area contributed by atoms with Gasteiger partial charge in [-0.25, -0.2) is 4.79 Å². The zero-order chi connectivity index (χ0) is 16.3. The van der Waals surface area contributed by atoms with Crippen LogP contribution in [0.2, 0.25) is 0 Å². The summed E-state index contributed by atoms with van der Waals surface area (Å²) >= 11 is 0. The molecule has 0 rings (SSSR count). The second-order valence-corrected chi connectivity index (χ2v) is 4.59. The molecule has 0 heterocycles. The van der Waals surface area contributed by atoms with Gasteiger partial charge in [-0.05, 0) is 13.3 Å². The highest BCUT2D eigenvalue weighted by Crippen LogP contribution is 2.00. The Kier molecular flexibility index (Phi) is 9.95. The van der Waals surface area contributed by atoms with Gasteiger partial charge in [0.2, 0.25) is 0 Å². The van der Waals surface area contributed by atoms with Crippen LogP contribution in [0, 0.1) is 0 Å². The Balaban J connectivity index is 4.34. The van der Waals surface area contributed by atoms with E-state index in [0.717, 1.165) is 0 Å². The molecule has 8 heteroatoms. The normalized spacial score (nSPS) is 11.6. The number of nitrogens with zero attached hydrogens (tertiary/aromatic N) is 1. The van der Waals surface area contributed by atoms with Crippen LogP contribution in [0.15, 0.2) is 0 Å². The van der Waals surface area contributed by atoms with Gasteiger partial charge in [0.25, 0.3) is 0 Å². The first-order valence-electron chi connectivity index (χ1n) is 6.73. The maximum absolute atomic E-state index is 12.1. The third-order valence-corrected chi connectivity index (χ3v) is 2.83. The summed E-state index contributed by atoms with van der Waals surface area (Å²) in [5, 5.41) is 11.3.